The predicted molar refractivity (Wildman–Crippen MR) is 74.1 cm³/mol. The highest BCUT2D eigenvalue weighted by Gasteiger charge is 2.43. The molecule has 1 aliphatic carbocycles. The molecule has 0 aromatic carbocycles. The number of hydrogen-bond acceptors (Lipinski definition) is 3. The first-order valence-corrected chi connectivity index (χ1v) is 7.93. The first-order chi connectivity index (χ1) is 9.20. The van der Waals surface area contributed by atoms with Gasteiger partial charge in [0.1, 0.15) is 6.04 Å². The smallest absolute Gasteiger partial charge is 0.320 e. The van der Waals surface area contributed by atoms with Crippen LogP contribution in [-0.4, -0.2) is 58.6 Å². The minimum Gasteiger partial charge on any atom is -0.480 e. The van der Waals surface area contributed by atoms with Crippen LogP contribution in [0.5, 0.6) is 0 Å². The Morgan fingerprint density at radius 1 is 1.26 bits per heavy atom. The van der Waals surface area contributed by atoms with Crippen molar-refractivity contribution >= 4 is 5.97 Å². The van der Waals surface area contributed by atoms with Crippen molar-refractivity contribution < 1.29 is 9.90 Å². The highest BCUT2D eigenvalue weighted by molar-refractivity contribution is 5.73. The van der Waals surface area contributed by atoms with Crippen LogP contribution in [0.1, 0.15) is 45.4 Å². The molecule has 2 saturated heterocycles. The number of likely N-dealkylation sites (tertiary alicyclic amines) is 2. The molecule has 3 atom stereocenters. The lowest BCUT2D eigenvalue weighted by Gasteiger charge is -2.48. The summed E-state index contributed by atoms with van der Waals surface area (Å²) >= 11 is 0. The van der Waals surface area contributed by atoms with E-state index in [0.29, 0.717) is 5.92 Å². The number of nitrogens with zero attached hydrogens (tertiary/aromatic N) is 2. The number of carboxylic acid groups (broad SMARTS) is 1. The molecule has 19 heavy (non-hydrogen) atoms. The Kier molecular flexibility index (Phi) is 3.81. The maximum Gasteiger partial charge on any atom is 0.320 e. The standard InChI is InChI=1S/C15H26N2O2/c1-2-13(15(18)19)16-9-7-14-11(10-16)4-3-8-17(14)12-5-6-12/h11-14H,2-10H2,1H3,(H,18,19). The van der Waals surface area contributed by atoms with E-state index in [9.17, 15) is 9.90 Å². The molecule has 2 aliphatic heterocycles. The highest BCUT2D eigenvalue weighted by atomic mass is 16.4. The number of rotatable bonds is 4. The first-order valence-electron chi connectivity index (χ1n) is 7.93. The van der Waals surface area contributed by atoms with Crippen LogP contribution in [0.3, 0.4) is 0 Å². The van der Waals surface area contributed by atoms with Crippen molar-refractivity contribution in [1.82, 2.24) is 9.80 Å². The zero-order valence-electron chi connectivity index (χ0n) is 11.9. The van der Waals surface area contributed by atoms with Crippen molar-refractivity contribution in [2.24, 2.45) is 5.92 Å². The van der Waals surface area contributed by atoms with Crippen LogP contribution in [0.25, 0.3) is 0 Å². The summed E-state index contributed by atoms with van der Waals surface area (Å²) in [5, 5.41) is 9.32. The normalized spacial score (nSPS) is 34.8. The van der Waals surface area contributed by atoms with Crippen LogP contribution < -0.4 is 0 Å². The number of piperidine rings is 2. The summed E-state index contributed by atoms with van der Waals surface area (Å²) in [6, 6.07) is 1.34. The molecule has 2 heterocycles. The van der Waals surface area contributed by atoms with E-state index in [1.165, 1.54) is 38.6 Å². The van der Waals surface area contributed by atoms with Crippen molar-refractivity contribution in [3.8, 4) is 0 Å². The van der Waals surface area contributed by atoms with E-state index in [4.69, 9.17) is 0 Å². The van der Waals surface area contributed by atoms with E-state index < -0.39 is 5.97 Å². The van der Waals surface area contributed by atoms with E-state index >= 15 is 0 Å². The molecule has 3 aliphatic rings. The van der Waals surface area contributed by atoms with Gasteiger partial charge in [-0.2, -0.15) is 0 Å². The average molecular weight is 266 g/mol. The van der Waals surface area contributed by atoms with E-state index in [0.717, 1.165) is 31.6 Å². The third kappa shape index (κ3) is 2.65. The summed E-state index contributed by atoms with van der Waals surface area (Å²) in [6.07, 6.45) is 7.26. The van der Waals surface area contributed by atoms with Crippen LogP contribution in [0.15, 0.2) is 0 Å². The van der Waals surface area contributed by atoms with Gasteiger partial charge >= 0.3 is 5.97 Å². The van der Waals surface area contributed by atoms with Crippen molar-refractivity contribution in [3.05, 3.63) is 0 Å². The largest absolute Gasteiger partial charge is 0.480 e. The average Bonchev–Trinajstić information content (AvgIpc) is 3.22. The number of carboxylic acids is 1. The molecule has 0 amide bonds. The molecule has 108 valence electrons. The zero-order valence-corrected chi connectivity index (χ0v) is 11.9. The Labute approximate surface area is 115 Å². The van der Waals surface area contributed by atoms with Crippen LogP contribution in [-0.2, 0) is 4.79 Å². The molecular weight excluding hydrogens is 240 g/mol. The third-order valence-corrected chi connectivity index (χ3v) is 5.27. The number of fused-ring (bicyclic) bond motifs is 1. The molecule has 3 fully saturated rings. The maximum absolute atomic E-state index is 11.3. The fourth-order valence-corrected chi connectivity index (χ4v) is 4.20. The molecule has 1 saturated carbocycles. The number of hydrogen-bond donors (Lipinski definition) is 1. The van der Waals surface area contributed by atoms with E-state index in [-0.39, 0.29) is 6.04 Å². The van der Waals surface area contributed by atoms with E-state index in [2.05, 4.69) is 9.80 Å². The van der Waals surface area contributed by atoms with Crippen LogP contribution in [0, 0.1) is 5.92 Å². The van der Waals surface area contributed by atoms with Gasteiger partial charge < -0.3 is 5.11 Å². The molecule has 0 spiro atoms. The fourth-order valence-electron chi connectivity index (χ4n) is 4.20. The van der Waals surface area contributed by atoms with Gasteiger partial charge in [0.2, 0.25) is 0 Å². The van der Waals surface area contributed by atoms with E-state index in [1.54, 1.807) is 0 Å². The summed E-state index contributed by atoms with van der Waals surface area (Å²) in [5.74, 6) is 0.0623. The number of carbonyl (C=O) groups is 1. The van der Waals surface area contributed by atoms with Gasteiger partial charge in [-0.05, 0) is 51.0 Å². The van der Waals surface area contributed by atoms with Gasteiger partial charge in [0.15, 0.2) is 0 Å². The summed E-state index contributed by atoms with van der Waals surface area (Å²) in [6.45, 7) is 5.23. The summed E-state index contributed by atoms with van der Waals surface area (Å²) in [7, 11) is 0. The molecule has 0 radical (unpaired) electrons. The van der Waals surface area contributed by atoms with Gasteiger partial charge in [-0.25, -0.2) is 0 Å². The topological polar surface area (TPSA) is 43.8 Å². The Balaban J connectivity index is 1.65. The SMILES string of the molecule is CCC(C(=O)O)N1CCC2C(CCCN2C2CC2)C1. The van der Waals surface area contributed by atoms with Crippen LogP contribution >= 0.6 is 0 Å². The fraction of sp³-hybridized carbons (Fsp3) is 0.933. The zero-order chi connectivity index (χ0) is 13.4. The second-order valence-corrected chi connectivity index (χ2v) is 6.48. The van der Waals surface area contributed by atoms with Crippen molar-refractivity contribution in [3.63, 3.8) is 0 Å². The molecule has 0 bridgehead atoms. The molecule has 3 rings (SSSR count). The van der Waals surface area contributed by atoms with Gasteiger partial charge in [-0.3, -0.25) is 14.6 Å². The first kappa shape index (κ1) is 13.4. The maximum atomic E-state index is 11.3. The Morgan fingerprint density at radius 2 is 2.05 bits per heavy atom. The van der Waals surface area contributed by atoms with E-state index in [1.807, 2.05) is 6.92 Å². The second-order valence-electron chi connectivity index (χ2n) is 6.48. The summed E-state index contributed by atoms with van der Waals surface area (Å²) in [4.78, 5) is 16.3. The Hall–Kier alpha value is -0.610. The van der Waals surface area contributed by atoms with Gasteiger partial charge in [0, 0.05) is 25.2 Å². The third-order valence-electron chi connectivity index (χ3n) is 5.27. The lowest BCUT2D eigenvalue weighted by Crippen LogP contribution is -2.57. The number of aliphatic carboxylic acids is 1. The van der Waals surface area contributed by atoms with Crippen molar-refractivity contribution in [2.45, 2.75) is 63.6 Å². The molecule has 4 heteroatoms. The molecule has 4 nitrogen and oxygen atoms in total. The quantitative estimate of drug-likeness (QED) is 0.842. The molecule has 1 N–H and O–H groups in total. The summed E-state index contributed by atoms with van der Waals surface area (Å²) < 4.78 is 0. The van der Waals surface area contributed by atoms with Crippen LogP contribution in [0.4, 0.5) is 0 Å². The molecule has 3 unspecified atom stereocenters. The van der Waals surface area contributed by atoms with Gasteiger partial charge in [0.05, 0.1) is 0 Å². The highest BCUT2D eigenvalue weighted by Crippen LogP contribution is 2.38. The Morgan fingerprint density at radius 3 is 2.68 bits per heavy atom. The second kappa shape index (κ2) is 5.41. The van der Waals surface area contributed by atoms with Crippen molar-refractivity contribution in [2.75, 3.05) is 19.6 Å². The van der Waals surface area contributed by atoms with Crippen molar-refractivity contribution in [1.29, 1.82) is 0 Å². The van der Waals surface area contributed by atoms with Gasteiger partial charge in [-0.15, -0.1) is 0 Å². The lowest BCUT2D eigenvalue weighted by atomic mass is 9.83. The Bertz CT molecular complexity index is 343. The summed E-state index contributed by atoms with van der Waals surface area (Å²) in [5.41, 5.74) is 0. The van der Waals surface area contributed by atoms with Crippen LogP contribution in [0.2, 0.25) is 0 Å². The monoisotopic (exact) mass is 266 g/mol. The van der Waals surface area contributed by atoms with Gasteiger partial charge in [0.25, 0.3) is 0 Å². The molecule has 0 aromatic rings. The minimum atomic E-state index is -0.643. The minimum absolute atomic E-state index is 0.266. The van der Waals surface area contributed by atoms with Gasteiger partial charge in [-0.1, -0.05) is 6.92 Å². The lowest BCUT2D eigenvalue weighted by molar-refractivity contribution is -0.145. The predicted octanol–water partition coefficient (Wildman–Crippen LogP) is 1.80. The molecular formula is C15H26N2O2. The molecule has 0 aromatic heterocycles.